The lowest BCUT2D eigenvalue weighted by molar-refractivity contribution is -0.140. The molecule has 2 unspecified atom stereocenters. The molecule has 0 aliphatic carbocycles. The highest BCUT2D eigenvalue weighted by molar-refractivity contribution is 6.51. The summed E-state index contributed by atoms with van der Waals surface area (Å²) in [6, 6.07) is 0. The van der Waals surface area contributed by atoms with E-state index in [2.05, 4.69) is 6.58 Å². The predicted molar refractivity (Wildman–Crippen MR) is 55.0 cm³/mol. The largest absolute Gasteiger partial charge is 0.461 e. The SMILES string of the molecule is C=C(C)C(=O)OC(C)[SiH](C)OCC. The van der Waals surface area contributed by atoms with Crippen LogP contribution in [0.15, 0.2) is 12.2 Å². The number of rotatable bonds is 5. The van der Waals surface area contributed by atoms with Crippen molar-refractivity contribution in [2.75, 3.05) is 6.61 Å². The fourth-order valence-electron chi connectivity index (χ4n) is 0.764. The van der Waals surface area contributed by atoms with Gasteiger partial charge >= 0.3 is 5.97 Å². The van der Waals surface area contributed by atoms with Gasteiger partial charge in [0.15, 0.2) is 0 Å². The van der Waals surface area contributed by atoms with Gasteiger partial charge in [0.25, 0.3) is 0 Å². The van der Waals surface area contributed by atoms with Crippen molar-refractivity contribution in [2.24, 2.45) is 0 Å². The van der Waals surface area contributed by atoms with Crippen molar-refractivity contribution in [2.45, 2.75) is 33.0 Å². The first-order chi connectivity index (χ1) is 5.99. The minimum atomic E-state index is -1.38. The van der Waals surface area contributed by atoms with Gasteiger partial charge in [0.05, 0.1) is 0 Å². The van der Waals surface area contributed by atoms with E-state index in [1.165, 1.54) is 0 Å². The van der Waals surface area contributed by atoms with Crippen LogP contribution in [-0.2, 0) is 14.0 Å². The highest BCUT2D eigenvalue weighted by Crippen LogP contribution is 2.03. The molecule has 0 aromatic rings. The molecule has 13 heavy (non-hydrogen) atoms. The van der Waals surface area contributed by atoms with Crippen molar-refractivity contribution in [3.63, 3.8) is 0 Å². The van der Waals surface area contributed by atoms with Crippen LogP contribution in [0.25, 0.3) is 0 Å². The molecule has 0 bridgehead atoms. The van der Waals surface area contributed by atoms with Gasteiger partial charge in [-0.25, -0.2) is 4.79 Å². The molecular weight excluding hydrogens is 184 g/mol. The Morgan fingerprint density at radius 1 is 1.62 bits per heavy atom. The fourth-order valence-corrected chi connectivity index (χ4v) is 1.88. The number of ether oxygens (including phenoxy) is 1. The van der Waals surface area contributed by atoms with E-state index in [9.17, 15) is 4.79 Å². The van der Waals surface area contributed by atoms with Crippen molar-refractivity contribution in [3.05, 3.63) is 12.2 Å². The molecule has 0 amide bonds. The number of carbonyl (C=O) groups excluding carboxylic acids is 1. The summed E-state index contributed by atoms with van der Waals surface area (Å²) in [6.45, 7) is 11.7. The van der Waals surface area contributed by atoms with Crippen molar-refractivity contribution < 1.29 is 14.0 Å². The topological polar surface area (TPSA) is 35.5 Å². The van der Waals surface area contributed by atoms with Crippen LogP contribution < -0.4 is 0 Å². The van der Waals surface area contributed by atoms with Crippen LogP contribution in [0.2, 0.25) is 6.55 Å². The molecule has 0 aliphatic heterocycles. The molecule has 0 spiro atoms. The van der Waals surface area contributed by atoms with Gasteiger partial charge in [0.2, 0.25) is 9.04 Å². The van der Waals surface area contributed by atoms with Crippen LogP contribution in [0.3, 0.4) is 0 Å². The molecule has 0 rings (SSSR count). The van der Waals surface area contributed by atoms with Gasteiger partial charge in [0.1, 0.15) is 5.73 Å². The maximum Gasteiger partial charge on any atom is 0.333 e. The second kappa shape index (κ2) is 5.94. The van der Waals surface area contributed by atoms with Gasteiger partial charge in [-0.1, -0.05) is 6.58 Å². The Bertz CT molecular complexity index is 191. The zero-order valence-electron chi connectivity index (χ0n) is 8.79. The number of hydrogen-bond donors (Lipinski definition) is 0. The second-order valence-corrected chi connectivity index (χ2v) is 5.73. The summed E-state index contributed by atoms with van der Waals surface area (Å²) < 4.78 is 10.5. The third kappa shape index (κ3) is 4.85. The van der Waals surface area contributed by atoms with Crippen LogP contribution in [-0.4, -0.2) is 27.3 Å². The van der Waals surface area contributed by atoms with Gasteiger partial charge in [-0.15, -0.1) is 0 Å². The van der Waals surface area contributed by atoms with Crippen LogP contribution in [0.1, 0.15) is 20.8 Å². The van der Waals surface area contributed by atoms with Crippen molar-refractivity contribution in [1.29, 1.82) is 0 Å². The quantitative estimate of drug-likeness (QED) is 0.384. The molecular formula is C9H18O3Si. The first-order valence-corrected chi connectivity index (χ1v) is 6.76. The van der Waals surface area contributed by atoms with Gasteiger partial charge in [0, 0.05) is 12.2 Å². The monoisotopic (exact) mass is 202 g/mol. The van der Waals surface area contributed by atoms with Gasteiger partial charge < -0.3 is 9.16 Å². The van der Waals surface area contributed by atoms with Crippen LogP contribution in [0, 0.1) is 0 Å². The van der Waals surface area contributed by atoms with Gasteiger partial charge in [-0.2, -0.15) is 0 Å². The molecule has 0 heterocycles. The van der Waals surface area contributed by atoms with Crippen molar-refractivity contribution in [3.8, 4) is 0 Å². The maximum atomic E-state index is 11.1. The molecule has 0 aliphatic rings. The molecule has 0 N–H and O–H groups in total. The summed E-state index contributed by atoms with van der Waals surface area (Å²) >= 11 is 0. The lowest BCUT2D eigenvalue weighted by atomic mass is 10.4. The summed E-state index contributed by atoms with van der Waals surface area (Å²) in [6.07, 6.45) is 0. The fraction of sp³-hybridized carbons (Fsp3) is 0.667. The smallest absolute Gasteiger partial charge is 0.333 e. The van der Waals surface area contributed by atoms with Crippen LogP contribution >= 0.6 is 0 Å². The standard InChI is InChI=1S/C9H18O3Si/c1-6-11-13(5)8(4)12-9(10)7(2)3/h8,13H,2,6H2,1,3-5H3. The third-order valence-electron chi connectivity index (χ3n) is 1.73. The number of esters is 1. The zero-order valence-corrected chi connectivity index (χ0v) is 9.95. The Kier molecular flexibility index (Phi) is 5.66. The molecule has 76 valence electrons. The highest BCUT2D eigenvalue weighted by Gasteiger charge is 2.18. The Hall–Kier alpha value is -0.613. The van der Waals surface area contributed by atoms with E-state index in [-0.39, 0.29) is 11.7 Å². The van der Waals surface area contributed by atoms with E-state index < -0.39 is 9.04 Å². The van der Waals surface area contributed by atoms with E-state index in [1.54, 1.807) is 6.92 Å². The van der Waals surface area contributed by atoms with E-state index in [0.29, 0.717) is 12.2 Å². The van der Waals surface area contributed by atoms with Gasteiger partial charge in [-0.05, 0) is 27.3 Å². The zero-order chi connectivity index (χ0) is 10.4. The Labute approximate surface area is 81.5 Å². The lowest BCUT2D eigenvalue weighted by Gasteiger charge is -2.18. The molecule has 0 aromatic carbocycles. The molecule has 3 nitrogen and oxygen atoms in total. The predicted octanol–water partition coefficient (Wildman–Crippen LogP) is 1.42. The molecule has 0 saturated heterocycles. The number of carbonyl (C=O) groups is 1. The first-order valence-electron chi connectivity index (χ1n) is 4.47. The average Bonchev–Trinajstić information content (AvgIpc) is 2.04. The normalized spacial score (nSPS) is 14.8. The molecule has 0 fully saturated rings. The Morgan fingerprint density at radius 3 is 2.54 bits per heavy atom. The summed E-state index contributed by atoms with van der Waals surface area (Å²) in [5, 5.41) is 0. The van der Waals surface area contributed by atoms with E-state index in [0.717, 1.165) is 0 Å². The number of hydrogen-bond acceptors (Lipinski definition) is 3. The maximum absolute atomic E-state index is 11.1. The molecule has 0 radical (unpaired) electrons. The Balaban J connectivity index is 3.91. The summed E-state index contributed by atoms with van der Waals surface area (Å²) in [5.74, 6) is -0.327. The molecule has 4 heteroatoms. The van der Waals surface area contributed by atoms with Crippen LogP contribution in [0.4, 0.5) is 0 Å². The first kappa shape index (κ1) is 12.4. The van der Waals surface area contributed by atoms with E-state index in [1.807, 2.05) is 20.4 Å². The van der Waals surface area contributed by atoms with Crippen LogP contribution in [0.5, 0.6) is 0 Å². The van der Waals surface area contributed by atoms with Crippen molar-refractivity contribution in [1.82, 2.24) is 0 Å². The third-order valence-corrected chi connectivity index (χ3v) is 4.05. The van der Waals surface area contributed by atoms with E-state index in [4.69, 9.17) is 9.16 Å². The average molecular weight is 202 g/mol. The summed E-state index contributed by atoms with van der Waals surface area (Å²) in [4.78, 5) is 11.1. The minimum absolute atomic E-state index is 0.0934. The highest BCUT2D eigenvalue weighted by atomic mass is 28.3. The molecule has 2 atom stereocenters. The molecule has 0 saturated carbocycles. The lowest BCUT2D eigenvalue weighted by Crippen LogP contribution is -2.33. The van der Waals surface area contributed by atoms with Gasteiger partial charge in [-0.3, -0.25) is 0 Å². The van der Waals surface area contributed by atoms with E-state index >= 15 is 0 Å². The second-order valence-electron chi connectivity index (χ2n) is 3.05. The Morgan fingerprint density at radius 2 is 2.15 bits per heavy atom. The molecule has 0 aromatic heterocycles. The summed E-state index contributed by atoms with van der Waals surface area (Å²) in [5.41, 5.74) is 0.341. The van der Waals surface area contributed by atoms with Crippen molar-refractivity contribution >= 4 is 15.0 Å². The minimum Gasteiger partial charge on any atom is -0.461 e. The summed E-state index contributed by atoms with van der Waals surface area (Å²) in [7, 11) is -1.38.